The highest BCUT2D eigenvalue weighted by molar-refractivity contribution is 6.31. The molecule has 6 heteroatoms. The molecule has 0 aliphatic heterocycles. The van der Waals surface area contributed by atoms with Crippen molar-refractivity contribution in [1.82, 2.24) is 0 Å². The number of hydrogen-bond acceptors (Lipinski definition) is 5. The SMILES string of the molecule is Cc1ccc(Nc2cccc3c2C(=O)c2cccc([N+](=O)[O-])c2C3=O)cc1. The minimum atomic E-state index is -0.636. The number of rotatable bonds is 3. The molecule has 0 aromatic heterocycles. The maximum atomic E-state index is 13.1. The molecule has 1 N–H and O–H groups in total. The fraction of sp³-hybridized carbons (Fsp3) is 0.0476. The molecule has 0 bridgehead atoms. The summed E-state index contributed by atoms with van der Waals surface area (Å²) in [4.78, 5) is 36.7. The van der Waals surface area contributed by atoms with E-state index >= 15 is 0 Å². The van der Waals surface area contributed by atoms with Crippen LogP contribution in [-0.4, -0.2) is 16.5 Å². The second-order valence-corrected chi connectivity index (χ2v) is 6.33. The van der Waals surface area contributed by atoms with Crippen LogP contribution >= 0.6 is 0 Å². The van der Waals surface area contributed by atoms with E-state index in [1.54, 1.807) is 12.1 Å². The van der Waals surface area contributed by atoms with Gasteiger partial charge in [0.2, 0.25) is 5.78 Å². The van der Waals surface area contributed by atoms with Gasteiger partial charge in [-0.05, 0) is 31.2 Å². The van der Waals surface area contributed by atoms with Gasteiger partial charge in [-0.3, -0.25) is 19.7 Å². The van der Waals surface area contributed by atoms with Crippen molar-refractivity contribution in [1.29, 1.82) is 0 Å². The number of aryl methyl sites for hydroxylation is 1. The quantitative estimate of drug-likeness (QED) is 0.432. The molecule has 3 aromatic rings. The van der Waals surface area contributed by atoms with Crippen LogP contribution in [0.3, 0.4) is 0 Å². The monoisotopic (exact) mass is 358 g/mol. The third kappa shape index (κ3) is 2.67. The lowest BCUT2D eigenvalue weighted by molar-refractivity contribution is -0.385. The van der Waals surface area contributed by atoms with Crippen LogP contribution in [0.5, 0.6) is 0 Å². The number of hydrogen-bond donors (Lipinski definition) is 1. The summed E-state index contributed by atoms with van der Waals surface area (Å²) < 4.78 is 0. The van der Waals surface area contributed by atoms with Crippen molar-refractivity contribution >= 4 is 28.6 Å². The fourth-order valence-corrected chi connectivity index (χ4v) is 3.27. The van der Waals surface area contributed by atoms with Crippen molar-refractivity contribution in [3.8, 4) is 0 Å². The molecule has 0 saturated carbocycles. The molecule has 0 heterocycles. The van der Waals surface area contributed by atoms with Gasteiger partial charge in [0.15, 0.2) is 5.78 Å². The number of anilines is 2. The highest BCUT2D eigenvalue weighted by atomic mass is 16.6. The Morgan fingerprint density at radius 1 is 0.815 bits per heavy atom. The number of nitro groups is 1. The second-order valence-electron chi connectivity index (χ2n) is 6.33. The molecule has 0 saturated heterocycles. The molecule has 0 fully saturated rings. The lowest BCUT2D eigenvalue weighted by atomic mass is 9.82. The van der Waals surface area contributed by atoms with Gasteiger partial charge in [-0.15, -0.1) is 0 Å². The molecule has 27 heavy (non-hydrogen) atoms. The van der Waals surface area contributed by atoms with E-state index in [1.165, 1.54) is 24.3 Å². The first-order valence-corrected chi connectivity index (χ1v) is 8.31. The molecule has 0 amide bonds. The Morgan fingerprint density at radius 3 is 2.07 bits per heavy atom. The molecule has 6 nitrogen and oxygen atoms in total. The third-order valence-electron chi connectivity index (χ3n) is 4.58. The van der Waals surface area contributed by atoms with Crippen molar-refractivity contribution in [3.05, 3.63) is 98.6 Å². The number of benzene rings is 3. The first kappa shape index (κ1) is 16.7. The van der Waals surface area contributed by atoms with Crippen LogP contribution in [-0.2, 0) is 0 Å². The normalized spacial score (nSPS) is 12.3. The van der Waals surface area contributed by atoms with Crippen LogP contribution in [0.4, 0.5) is 17.1 Å². The minimum Gasteiger partial charge on any atom is -0.355 e. The number of nitrogens with one attached hydrogen (secondary N) is 1. The summed E-state index contributed by atoms with van der Waals surface area (Å²) in [5.41, 5.74) is 2.32. The first-order chi connectivity index (χ1) is 13.0. The molecule has 0 unspecified atom stereocenters. The Kier molecular flexibility index (Phi) is 3.81. The number of carbonyl (C=O) groups excluding carboxylic acids is 2. The summed E-state index contributed by atoms with van der Waals surface area (Å²) in [6.07, 6.45) is 0. The average Bonchev–Trinajstić information content (AvgIpc) is 2.67. The minimum absolute atomic E-state index is 0.0554. The van der Waals surface area contributed by atoms with Gasteiger partial charge in [-0.1, -0.05) is 35.9 Å². The van der Waals surface area contributed by atoms with Crippen LogP contribution in [0.1, 0.15) is 37.4 Å². The zero-order chi connectivity index (χ0) is 19.1. The maximum absolute atomic E-state index is 13.1. The van der Waals surface area contributed by atoms with E-state index in [4.69, 9.17) is 0 Å². The number of ketones is 2. The molecule has 0 spiro atoms. The second kappa shape index (κ2) is 6.17. The van der Waals surface area contributed by atoms with Crippen molar-refractivity contribution in [2.75, 3.05) is 5.32 Å². The van der Waals surface area contributed by atoms with E-state index in [9.17, 15) is 19.7 Å². The van der Waals surface area contributed by atoms with E-state index in [1.807, 2.05) is 31.2 Å². The lowest BCUT2D eigenvalue weighted by Gasteiger charge is -2.20. The Labute approximate surface area is 154 Å². The Balaban J connectivity index is 1.86. The van der Waals surface area contributed by atoms with E-state index in [0.717, 1.165) is 11.3 Å². The highest BCUT2D eigenvalue weighted by Crippen LogP contribution is 2.36. The van der Waals surface area contributed by atoms with Gasteiger partial charge in [-0.2, -0.15) is 0 Å². The lowest BCUT2D eigenvalue weighted by Crippen LogP contribution is -2.23. The summed E-state index contributed by atoms with van der Waals surface area (Å²) >= 11 is 0. The zero-order valence-corrected chi connectivity index (χ0v) is 14.4. The molecule has 1 aliphatic rings. The molecule has 0 atom stereocenters. The maximum Gasteiger partial charge on any atom is 0.281 e. The Morgan fingerprint density at radius 2 is 1.41 bits per heavy atom. The summed E-state index contributed by atoms with van der Waals surface area (Å²) in [7, 11) is 0. The van der Waals surface area contributed by atoms with Gasteiger partial charge in [0.1, 0.15) is 5.56 Å². The smallest absolute Gasteiger partial charge is 0.281 e. The number of fused-ring (bicyclic) bond motifs is 2. The van der Waals surface area contributed by atoms with Crippen LogP contribution < -0.4 is 5.32 Å². The summed E-state index contributed by atoms with van der Waals surface area (Å²) in [6.45, 7) is 1.97. The van der Waals surface area contributed by atoms with Crippen molar-refractivity contribution < 1.29 is 14.5 Å². The van der Waals surface area contributed by atoms with Gasteiger partial charge >= 0.3 is 0 Å². The predicted octanol–water partition coefficient (Wildman–Crippen LogP) is 4.42. The van der Waals surface area contributed by atoms with Gasteiger partial charge in [0, 0.05) is 22.9 Å². The largest absolute Gasteiger partial charge is 0.355 e. The Hall–Kier alpha value is -3.80. The summed E-state index contributed by atoms with van der Waals surface area (Å²) in [6, 6.07) is 16.6. The average molecular weight is 358 g/mol. The predicted molar refractivity (Wildman–Crippen MR) is 101 cm³/mol. The van der Waals surface area contributed by atoms with Crippen molar-refractivity contribution in [3.63, 3.8) is 0 Å². The number of nitrogens with zero attached hydrogens (tertiary/aromatic N) is 1. The standard InChI is InChI=1S/C21H14N2O4/c1-12-8-10-13(11-9-12)22-16-6-2-4-14-18(16)20(24)15-5-3-7-17(23(26)27)19(15)21(14)25/h2-11,22H,1H3. The van der Waals surface area contributed by atoms with Crippen LogP contribution in [0, 0.1) is 17.0 Å². The third-order valence-corrected chi connectivity index (χ3v) is 4.58. The summed E-state index contributed by atoms with van der Waals surface area (Å²) in [5.74, 6) is -0.919. The highest BCUT2D eigenvalue weighted by Gasteiger charge is 2.36. The van der Waals surface area contributed by atoms with Gasteiger partial charge in [-0.25, -0.2) is 0 Å². The topological polar surface area (TPSA) is 89.3 Å². The molecular weight excluding hydrogens is 344 g/mol. The van der Waals surface area contributed by atoms with Crippen molar-refractivity contribution in [2.45, 2.75) is 6.92 Å². The molecule has 132 valence electrons. The molecule has 1 aliphatic carbocycles. The van der Waals surface area contributed by atoms with Gasteiger partial charge in [0.05, 0.1) is 16.2 Å². The van der Waals surface area contributed by atoms with Gasteiger partial charge in [0.25, 0.3) is 5.69 Å². The summed E-state index contributed by atoms with van der Waals surface area (Å²) in [5, 5.41) is 14.5. The molecule has 3 aromatic carbocycles. The number of nitro benzene ring substituents is 1. The fourth-order valence-electron chi connectivity index (χ4n) is 3.27. The molecule has 4 rings (SSSR count). The molecule has 0 radical (unpaired) electrons. The zero-order valence-electron chi connectivity index (χ0n) is 14.4. The molecular formula is C21H14N2O4. The van der Waals surface area contributed by atoms with Gasteiger partial charge < -0.3 is 5.32 Å². The van der Waals surface area contributed by atoms with Crippen molar-refractivity contribution in [2.24, 2.45) is 0 Å². The van der Waals surface area contributed by atoms with Crippen LogP contribution in [0.25, 0.3) is 0 Å². The van der Waals surface area contributed by atoms with Crippen LogP contribution in [0.15, 0.2) is 60.7 Å². The van der Waals surface area contributed by atoms with Crippen LogP contribution in [0.2, 0.25) is 0 Å². The van der Waals surface area contributed by atoms with E-state index < -0.39 is 16.5 Å². The van der Waals surface area contributed by atoms with E-state index in [-0.39, 0.29) is 27.9 Å². The Bertz CT molecular complexity index is 1120. The van der Waals surface area contributed by atoms with E-state index in [2.05, 4.69) is 5.32 Å². The van der Waals surface area contributed by atoms with E-state index in [0.29, 0.717) is 5.69 Å². The number of carbonyl (C=O) groups is 2. The first-order valence-electron chi connectivity index (χ1n) is 8.31.